The molecule has 0 fully saturated rings. The lowest BCUT2D eigenvalue weighted by Gasteiger charge is -2.20. The lowest BCUT2D eigenvalue weighted by atomic mass is 9.92. The van der Waals surface area contributed by atoms with Crippen LogP contribution in [0.1, 0.15) is 54.0 Å². The van der Waals surface area contributed by atoms with Crippen molar-refractivity contribution in [3.8, 4) is 0 Å². The predicted octanol–water partition coefficient (Wildman–Crippen LogP) is 3.67. The third-order valence-electron chi connectivity index (χ3n) is 2.41. The molecule has 0 bridgehead atoms. The van der Waals surface area contributed by atoms with Crippen LogP contribution in [-0.4, -0.2) is 11.8 Å². The Balaban J connectivity index is 0. The zero-order valence-corrected chi connectivity index (χ0v) is 13.9. The van der Waals surface area contributed by atoms with Crippen molar-refractivity contribution >= 4 is 11.8 Å². The second-order valence-electron chi connectivity index (χ2n) is 3.41. The summed E-state index contributed by atoms with van der Waals surface area (Å²) in [5.74, 6) is 0.690. The maximum Gasteiger partial charge on any atom is 0.218 e. The Morgan fingerprint density at radius 1 is 0.850 bits per heavy atom. The molecular weight excluding hydrogens is 248 g/mol. The summed E-state index contributed by atoms with van der Waals surface area (Å²) < 4.78 is 0. The molecule has 0 amide bonds. The molecule has 1 aliphatic heterocycles. The van der Waals surface area contributed by atoms with Crippen molar-refractivity contribution in [2.45, 2.75) is 54.0 Å². The summed E-state index contributed by atoms with van der Waals surface area (Å²) in [6, 6.07) is 9.76. The maximum absolute atomic E-state index is 5.79. The smallest absolute Gasteiger partial charge is 0.218 e. The monoisotopic (exact) mass is 278 g/mol. The Kier molecular flexibility index (Phi) is 11.3. The molecule has 0 spiro atoms. The molecule has 4 heteroatoms. The van der Waals surface area contributed by atoms with Crippen LogP contribution in [0.2, 0.25) is 0 Å². The van der Waals surface area contributed by atoms with Crippen LogP contribution in [0.5, 0.6) is 0 Å². The number of nitrogens with zero attached hydrogens (tertiary/aromatic N) is 2. The SMILES string of the molecule is CC.CC.CC.CC1(c2ccccc2)N=C(N)N=C1N. The van der Waals surface area contributed by atoms with E-state index in [1.54, 1.807) is 0 Å². The fraction of sp³-hybridized carbons (Fsp3) is 0.500. The van der Waals surface area contributed by atoms with E-state index in [2.05, 4.69) is 9.98 Å². The normalized spacial score (nSPS) is 18.9. The molecule has 1 unspecified atom stereocenters. The minimum absolute atomic E-state index is 0.244. The average molecular weight is 278 g/mol. The molecule has 2 rings (SSSR count). The number of benzene rings is 1. The standard InChI is InChI=1S/C10H12N4.3C2H6/c1-10(7-5-3-2-4-6-7)8(11)13-9(12)14-10;3*1-2/h2-6H,1H3,(H4,11,12,13,14);3*1-2H3. The van der Waals surface area contributed by atoms with E-state index < -0.39 is 5.54 Å². The molecule has 1 aliphatic rings. The minimum atomic E-state index is -0.592. The zero-order chi connectivity index (χ0) is 16.2. The Labute approximate surface area is 124 Å². The average Bonchev–Trinajstić information content (AvgIpc) is 2.80. The summed E-state index contributed by atoms with van der Waals surface area (Å²) >= 11 is 0. The lowest BCUT2D eigenvalue weighted by molar-refractivity contribution is 0.687. The molecule has 0 aliphatic carbocycles. The number of aliphatic imine (C=N–C) groups is 2. The summed E-state index contributed by atoms with van der Waals surface area (Å²) in [5, 5.41) is 0. The van der Waals surface area contributed by atoms with Gasteiger partial charge >= 0.3 is 0 Å². The highest BCUT2D eigenvalue weighted by molar-refractivity contribution is 6.05. The van der Waals surface area contributed by atoms with Gasteiger partial charge in [-0.25, -0.2) is 4.99 Å². The summed E-state index contributed by atoms with van der Waals surface area (Å²) in [4.78, 5) is 8.18. The van der Waals surface area contributed by atoms with Gasteiger partial charge in [-0.2, -0.15) is 4.99 Å². The van der Waals surface area contributed by atoms with Crippen LogP contribution >= 0.6 is 0 Å². The van der Waals surface area contributed by atoms with Crippen LogP contribution in [0, 0.1) is 0 Å². The molecular formula is C16H30N4. The molecule has 1 atom stereocenters. The summed E-state index contributed by atoms with van der Waals surface area (Å²) in [5.41, 5.74) is 11.7. The fourth-order valence-electron chi connectivity index (χ4n) is 1.52. The Morgan fingerprint density at radius 2 is 1.30 bits per heavy atom. The molecule has 20 heavy (non-hydrogen) atoms. The van der Waals surface area contributed by atoms with E-state index in [1.165, 1.54) is 0 Å². The first kappa shape index (κ1) is 20.5. The van der Waals surface area contributed by atoms with Gasteiger partial charge in [-0.15, -0.1) is 0 Å². The molecule has 1 heterocycles. The Hall–Kier alpha value is -1.84. The van der Waals surface area contributed by atoms with E-state index in [1.807, 2.05) is 78.8 Å². The molecule has 114 valence electrons. The highest BCUT2D eigenvalue weighted by Gasteiger charge is 2.34. The largest absolute Gasteiger partial charge is 0.385 e. The second kappa shape index (κ2) is 11.0. The molecule has 0 radical (unpaired) electrons. The number of hydrogen-bond donors (Lipinski definition) is 2. The summed E-state index contributed by atoms with van der Waals surface area (Å²) in [7, 11) is 0. The molecule has 0 saturated heterocycles. The van der Waals surface area contributed by atoms with Gasteiger partial charge in [0.1, 0.15) is 11.4 Å². The molecule has 4 N–H and O–H groups in total. The van der Waals surface area contributed by atoms with E-state index in [-0.39, 0.29) is 5.96 Å². The summed E-state index contributed by atoms with van der Waals surface area (Å²) in [6.45, 7) is 13.9. The number of hydrogen-bond acceptors (Lipinski definition) is 4. The van der Waals surface area contributed by atoms with Crippen molar-refractivity contribution in [1.29, 1.82) is 0 Å². The van der Waals surface area contributed by atoms with Crippen molar-refractivity contribution in [3.63, 3.8) is 0 Å². The van der Waals surface area contributed by atoms with E-state index in [9.17, 15) is 0 Å². The van der Waals surface area contributed by atoms with Gasteiger partial charge in [0.25, 0.3) is 0 Å². The molecule has 1 aromatic carbocycles. The van der Waals surface area contributed by atoms with Crippen molar-refractivity contribution in [2.75, 3.05) is 0 Å². The molecule has 4 nitrogen and oxygen atoms in total. The summed E-state index contributed by atoms with van der Waals surface area (Å²) in [6.07, 6.45) is 0. The number of rotatable bonds is 1. The molecule has 0 saturated carbocycles. The van der Waals surface area contributed by atoms with Crippen LogP contribution in [0.4, 0.5) is 0 Å². The first-order chi connectivity index (χ1) is 9.63. The first-order valence-corrected chi connectivity index (χ1v) is 7.38. The third kappa shape index (κ3) is 5.03. The first-order valence-electron chi connectivity index (χ1n) is 7.38. The Bertz CT molecular complexity index is 410. The number of nitrogens with two attached hydrogens (primary N) is 2. The Morgan fingerprint density at radius 3 is 1.65 bits per heavy atom. The van der Waals surface area contributed by atoms with Gasteiger partial charge in [-0.3, -0.25) is 0 Å². The van der Waals surface area contributed by atoms with Gasteiger partial charge < -0.3 is 11.5 Å². The molecule has 1 aromatic rings. The van der Waals surface area contributed by atoms with Crippen molar-refractivity contribution in [2.24, 2.45) is 21.5 Å². The van der Waals surface area contributed by atoms with Crippen LogP contribution in [0.3, 0.4) is 0 Å². The minimum Gasteiger partial charge on any atom is -0.385 e. The lowest BCUT2D eigenvalue weighted by Crippen LogP contribution is -2.34. The van der Waals surface area contributed by atoms with Gasteiger partial charge in [0, 0.05) is 0 Å². The highest BCUT2D eigenvalue weighted by atomic mass is 15.2. The van der Waals surface area contributed by atoms with Gasteiger partial charge in [0.2, 0.25) is 5.96 Å². The van der Waals surface area contributed by atoms with Crippen LogP contribution < -0.4 is 11.5 Å². The van der Waals surface area contributed by atoms with Crippen molar-refractivity contribution < 1.29 is 0 Å². The quantitative estimate of drug-likeness (QED) is 0.822. The van der Waals surface area contributed by atoms with Gasteiger partial charge in [-0.05, 0) is 12.5 Å². The van der Waals surface area contributed by atoms with E-state index >= 15 is 0 Å². The van der Waals surface area contributed by atoms with Crippen LogP contribution in [-0.2, 0) is 5.54 Å². The molecule has 0 aromatic heterocycles. The van der Waals surface area contributed by atoms with Crippen LogP contribution in [0.15, 0.2) is 40.3 Å². The number of guanidine groups is 1. The fourth-order valence-corrected chi connectivity index (χ4v) is 1.52. The third-order valence-corrected chi connectivity index (χ3v) is 2.41. The zero-order valence-electron chi connectivity index (χ0n) is 13.9. The van der Waals surface area contributed by atoms with Crippen LogP contribution in [0.25, 0.3) is 0 Å². The number of amidine groups is 1. The van der Waals surface area contributed by atoms with Gasteiger partial charge in [0.05, 0.1) is 0 Å². The van der Waals surface area contributed by atoms with E-state index in [4.69, 9.17) is 11.5 Å². The predicted molar refractivity (Wildman–Crippen MR) is 91.1 cm³/mol. The van der Waals surface area contributed by atoms with Gasteiger partial charge in [0.15, 0.2) is 0 Å². The highest BCUT2D eigenvalue weighted by Crippen LogP contribution is 2.28. The maximum atomic E-state index is 5.79. The van der Waals surface area contributed by atoms with E-state index in [0.29, 0.717) is 5.84 Å². The van der Waals surface area contributed by atoms with Gasteiger partial charge in [-0.1, -0.05) is 71.9 Å². The topological polar surface area (TPSA) is 76.8 Å². The second-order valence-corrected chi connectivity index (χ2v) is 3.41. The van der Waals surface area contributed by atoms with Crippen molar-refractivity contribution in [1.82, 2.24) is 0 Å². The van der Waals surface area contributed by atoms with Crippen molar-refractivity contribution in [3.05, 3.63) is 35.9 Å². The van der Waals surface area contributed by atoms with E-state index in [0.717, 1.165) is 5.56 Å².